The van der Waals surface area contributed by atoms with Gasteiger partial charge in [-0.1, -0.05) is 12.6 Å². The van der Waals surface area contributed by atoms with Crippen LogP contribution in [0.2, 0.25) is 0 Å². The Bertz CT molecular complexity index is 510. The molecule has 110 valence electrons. The third kappa shape index (κ3) is 4.29. The zero-order valence-corrected chi connectivity index (χ0v) is 11.3. The first-order valence-corrected chi connectivity index (χ1v) is 6.02. The summed E-state index contributed by atoms with van der Waals surface area (Å²) in [5, 5.41) is 2.76. The summed E-state index contributed by atoms with van der Waals surface area (Å²) in [4.78, 5) is 11.3. The lowest BCUT2D eigenvalue weighted by atomic mass is 10.1. The SMILES string of the molecule is C=C(CNc1cc(C(F)(F)F)ccc1C)C(=O)OCC. The molecule has 0 aliphatic carbocycles. The molecule has 0 fully saturated rings. The average molecular weight is 287 g/mol. The fraction of sp³-hybridized carbons (Fsp3) is 0.357. The van der Waals surface area contributed by atoms with Crippen LogP contribution < -0.4 is 5.32 Å². The Balaban J connectivity index is 2.78. The van der Waals surface area contributed by atoms with E-state index in [9.17, 15) is 18.0 Å². The summed E-state index contributed by atoms with van der Waals surface area (Å²) in [5.41, 5.74) is 0.371. The van der Waals surface area contributed by atoms with Crippen molar-refractivity contribution in [2.24, 2.45) is 0 Å². The minimum atomic E-state index is -4.40. The van der Waals surface area contributed by atoms with Gasteiger partial charge < -0.3 is 10.1 Å². The van der Waals surface area contributed by atoms with Crippen molar-refractivity contribution in [1.82, 2.24) is 0 Å². The number of halogens is 3. The van der Waals surface area contributed by atoms with Crippen LogP contribution in [0.25, 0.3) is 0 Å². The van der Waals surface area contributed by atoms with E-state index in [1.54, 1.807) is 13.8 Å². The van der Waals surface area contributed by atoms with Gasteiger partial charge in [-0.25, -0.2) is 4.79 Å². The van der Waals surface area contributed by atoms with Crippen LogP contribution in [-0.4, -0.2) is 19.1 Å². The van der Waals surface area contributed by atoms with Gasteiger partial charge in [0.2, 0.25) is 0 Å². The monoisotopic (exact) mass is 287 g/mol. The second-order valence-corrected chi connectivity index (χ2v) is 4.21. The molecule has 0 atom stereocenters. The van der Waals surface area contributed by atoms with E-state index in [0.717, 1.165) is 12.1 Å². The molecule has 1 rings (SSSR count). The van der Waals surface area contributed by atoms with Crippen molar-refractivity contribution >= 4 is 11.7 Å². The highest BCUT2D eigenvalue weighted by atomic mass is 19.4. The summed E-state index contributed by atoms with van der Waals surface area (Å²) in [5.74, 6) is -0.565. The largest absolute Gasteiger partial charge is 0.463 e. The van der Waals surface area contributed by atoms with Crippen molar-refractivity contribution in [3.8, 4) is 0 Å². The maximum absolute atomic E-state index is 12.6. The maximum atomic E-state index is 12.6. The fourth-order valence-electron chi connectivity index (χ4n) is 1.50. The van der Waals surface area contributed by atoms with E-state index in [1.165, 1.54) is 6.07 Å². The summed E-state index contributed by atoms with van der Waals surface area (Å²) in [6, 6.07) is 3.40. The van der Waals surface area contributed by atoms with Crippen molar-refractivity contribution in [2.45, 2.75) is 20.0 Å². The summed E-state index contributed by atoms with van der Waals surface area (Å²) in [6.07, 6.45) is -4.40. The molecule has 0 aliphatic heterocycles. The van der Waals surface area contributed by atoms with Crippen LogP contribution in [0.4, 0.5) is 18.9 Å². The first-order chi connectivity index (χ1) is 9.25. The van der Waals surface area contributed by atoms with Gasteiger partial charge in [-0.15, -0.1) is 0 Å². The zero-order chi connectivity index (χ0) is 15.3. The van der Waals surface area contributed by atoms with E-state index in [1.807, 2.05) is 0 Å². The standard InChI is InChI=1S/C14H16F3NO2/c1-4-20-13(19)10(3)8-18-12-7-11(14(15,16)17)6-5-9(12)2/h5-7,18H,3-4,8H2,1-2H3. The fourth-order valence-corrected chi connectivity index (χ4v) is 1.50. The van der Waals surface area contributed by atoms with Crippen molar-refractivity contribution in [3.63, 3.8) is 0 Å². The molecule has 0 aromatic heterocycles. The number of hydrogen-bond donors (Lipinski definition) is 1. The second kappa shape index (κ2) is 6.45. The van der Waals surface area contributed by atoms with E-state index >= 15 is 0 Å². The Morgan fingerprint density at radius 3 is 2.60 bits per heavy atom. The minimum Gasteiger partial charge on any atom is -0.463 e. The van der Waals surface area contributed by atoms with Gasteiger partial charge >= 0.3 is 12.1 Å². The van der Waals surface area contributed by atoms with Gasteiger partial charge in [0.25, 0.3) is 0 Å². The summed E-state index contributed by atoms with van der Waals surface area (Å²) < 4.78 is 42.6. The number of hydrogen-bond acceptors (Lipinski definition) is 3. The predicted octanol–water partition coefficient (Wildman–Crippen LogP) is 3.55. The molecule has 0 bridgehead atoms. The third-order valence-corrected chi connectivity index (χ3v) is 2.62. The smallest absolute Gasteiger partial charge is 0.416 e. The summed E-state index contributed by atoms with van der Waals surface area (Å²) in [6.45, 7) is 7.12. The number of esters is 1. The molecule has 6 heteroatoms. The molecule has 3 nitrogen and oxygen atoms in total. The van der Waals surface area contributed by atoms with E-state index < -0.39 is 17.7 Å². The van der Waals surface area contributed by atoms with E-state index in [4.69, 9.17) is 4.74 Å². The number of ether oxygens (including phenoxy) is 1. The lowest BCUT2D eigenvalue weighted by molar-refractivity contribution is -0.139. The lowest BCUT2D eigenvalue weighted by Gasteiger charge is -2.14. The Kier molecular flexibility index (Phi) is 5.19. The van der Waals surface area contributed by atoms with Gasteiger partial charge in [0, 0.05) is 17.8 Å². The third-order valence-electron chi connectivity index (χ3n) is 2.62. The average Bonchev–Trinajstić information content (AvgIpc) is 2.36. The Hall–Kier alpha value is -1.98. The maximum Gasteiger partial charge on any atom is 0.416 e. The molecule has 1 aromatic carbocycles. The van der Waals surface area contributed by atoms with Gasteiger partial charge in [-0.2, -0.15) is 13.2 Å². The highest BCUT2D eigenvalue weighted by Crippen LogP contribution is 2.32. The normalized spacial score (nSPS) is 11.1. The summed E-state index contributed by atoms with van der Waals surface area (Å²) >= 11 is 0. The number of anilines is 1. The van der Waals surface area contributed by atoms with Crippen LogP contribution >= 0.6 is 0 Å². The highest BCUT2D eigenvalue weighted by Gasteiger charge is 2.30. The molecule has 0 radical (unpaired) electrons. The molecule has 1 N–H and O–H groups in total. The molecule has 0 aliphatic rings. The number of aryl methyl sites for hydroxylation is 1. The van der Waals surface area contributed by atoms with Crippen molar-refractivity contribution in [2.75, 3.05) is 18.5 Å². The topological polar surface area (TPSA) is 38.3 Å². The van der Waals surface area contributed by atoms with Crippen LogP contribution in [0, 0.1) is 6.92 Å². The Morgan fingerprint density at radius 1 is 1.40 bits per heavy atom. The Labute approximate surface area is 115 Å². The van der Waals surface area contributed by atoms with Gasteiger partial charge in [0.15, 0.2) is 0 Å². The number of carbonyl (C=O) groups excluding carboxylic acids is 1. The van der Waals surface area contributed by atoms with Crippen molar-refractivity contribution in [1.29, 1.82) is 0 Å². The number of benzene rings is 1. The van der Waals surface area contributed by atoms with Crippen molar-refractivity contribution < 1.29 is 22.7 Å². The first-order valence-electron chi connectivity index (χ1n) is 6.02. The quantitative estimate of drug-likeness (QED) is 0.665. The van der Waals surface area contributed by atoms with Crippen LogP contribution in [0.1, 0.15) is 18.1 Å². The van der Waals surface area contributed by atoms with E-state index in [2.05, 4.69) is 11.9 Å². The van der Waals surface area contributed by atoms with Gasteiger partial charge in [-0.3, -0.25) is 0 Å². The van der Waals surface area contributed by atoms with E-state index in [-0.39, 0.29) is 18.7 Å². The zero-order valence-electron chi connectivity index (χ0n) is 11.3. The lowest BCUT2D eigenvalue weighted by Crippen LogP contribution is -2.15. The number of alkyl halides is 3. The molecule has 1 aromatic rings. The highest BCUT2D eigenvalue weighted by molar-refractivity contribution is 5.88. The van der Waals surface area contributed by atoms with Gasteiger partial charge in [-0.05, 0) is 31.5 Å². The minimum absolute atomic E-state index is 0.0288. The van der Waals surface area contributed by atoms with Crippen LogP contribution in [0.3, 0.4) is 0 Å². The molecule has 0 unspecified atom stereocenters. The van der Waals surface area contributed by atoms with Gasteiger partial charge in [0.05, 0.1) is 12.2 Å². The van der Waals surface area contributed by atoms with E-state index in [0.29, 0.717) is 11.3 Å². The molecule has 0 saturated carbocycles. The summed E-state index contributed by atoms with van der Waals surface area (Å²) in [7, 11) is 0. The number of carbonyl (C=O) groups is 1. The number of nitrogens with one attached hydrogen (secondary N) is 1. The van der Waals surface area contributed by atoms with Crippen molar-refractivity contribution in [3.05, 3.63) is 41.5 Å². The van der Waals surface area contributed by atoms with Crippen LogP contribution in [0.15, 0.2) is 30.4 Å². The Morgan fingerprint density at radius 2 is 2.05 bits per heavy atom. The van der Waals surface area contributed by atoms with Crippen LogP contribution in [0.5, 0.6) is 0 Å². The molecule has 0 heterocycles. The molecule has 0 spiro atoms. The predicted molar refractivity (Wildman–Crippen MR) is 70.4 cm³/mol. The first kappa shape index (κ1) is 16.1. The molecule has 0 saturated heterocycles. The molecular weight excluding hydrogens is 271 g/mol. The second-order valence-electron chi connectivity index (χ2n) is 4.21. The molecule has 20 heavy (non-hydrogen) atoms. The van der Waals surface area contributed by atoms with Crippen LogP contribution in [-0.2, 0) is 15.7 Å². The number of rotatable bonds is 5. The molecule has 0 amide bonds. The van der Waals surface area contributed by atoms with Gasteiger partial charge in [0.1, 0.15) is 0 Å². The molecular formula is C14H16F3NO2.